The number of aryl methyl sites for hydroxylation is 2. The van der Waals surface area contributed by atoms with Crippen LogP contribution in [0.25, 0.3) is 10.9 Å². The summed E-state index contributed by atoms with van der Waals surface area (Å²) in [6.07, 6.45) is 0. The van der Waals surface area contributed by atoms with E-state index < -0.39 is 0 Å². The number of nitrogens with zero attached hydrogens (tertiary/aromatic N) is 1. The van der Waals surface area contributed by atoms with Crippen LogP contribution in [-0.2, 0) is 4.79 Å². The van der Waals surface area contributed by atoms with Gasteiger partial charge < -0.3 is 10.6 Å². The highest BCUT2D eigenvalue weighted by Crippen LogP contribution is 2.19. The largest absolute Gasteiger partial charge is 0.358 e. The smallest absolute Gasteiger partial charge is 0.252 e. The standard InChI is InChI=1S/C15H17N3O2/c1-9-4-5-13-11(6-9)12(7-10(2)18-13)15(20)17-8-14(19)16-3/h4-7H,8H2,1-3H3,(H,16,19)(H,17,20). The van der Waals surface area contributed by atoms with E-state index >= 15 is 0 Å². The molecule has 0 unspecified atom stereocenters. The third-order valence-corrected chi connectivity index (χ3v) is 3.03. The average molecular weight is 271 g/mol. The molecule has 0 saturated carbocycles. The summed E-state index contributed by atoms with van der Waals surface area (Å²) in [6, 6.07) is 7.52. The molecule has 0 fully saturated rings. The molecule has 2 N–H and O–H groups in total. The van der Waals surface area contributed by atoms with Gasteiger partial charge in [0.05, 0.1) is 17.6 Å². The maximum Gasteiger partial charge on any atom is 0.252 e. The molecule has 0 bridgehead atoms. The van der Waals surface area contributed by atoms with Gasteiger partial charge in [-0.25, -0.2) is 0 Å². The van der Waals surface area contributed by atoms with E-state index in [0.29, 0.717) is 5.56 Å². The van der Waals surface area contributed by atoms with Gasteiger partial charge in [0.1, 0.15) is 0 Å². The average Bonchev–Trinajstić information content (AvgIpc) is 2.43. The van der Waals surface area contributed by atoms with E-state index in [0.717, 1.165) is 22.2 Å². The van der Waals surface area contributed by atoms with Gasteiger partial charge in [0.2, 0.25) is 5.91 Å². The summed E-state index contributed by atoms with van der Waals surface area (Å²) in [5.41, 5.74) is 3.15. The Labute approximate surface area is 117 Å². The number of hydrogen-bond acceptors (Lipinski definition) is 3. The van der Waals surface area contributed by atoms with Crippen LogP contribution < -0.4 is 10.6 Å². The van der Waals surface area contributed by atoms with Crippen molar-refractivity contribution in [3.8, 4) is 0 Å². The Hall–Kier alpha value is -2.43. The minimum absolute atomic E-state index is 0.0377. The minimum Gasteiger partial charge on any atom is -0.358 e. The van der Waals surface area contributed by atoms with Crippen LogP contribution in [0.2, 0.25) is 0 Å². The van der Waals surface area contributed by atoms with Crippen LogP contribution in [0.3, 0.4) is 0 Å². The molecule has 2 amide bonds. The first-order valence-electron chi connectivity index (χ1n) is 6.38. The molecule has 0 spiro atoms. The lowest BCUT2D eigenvalue weighted by atomic mass is 10.0. The molecule has 104 valence electrons. The van der Waals surface area contributed by atoms with Gasteiger partial charge in [-0.2, -0.15) is 0 Å². The second-order valence-electron chi connectivity index (χ2n) is 4.69. The molecule has 20 heavy (non-hydrogen) atoms. The van der Waals surface area contributed by atoms with Crippen molar-refractivity contribution in [1.29, 1.82) is 0 Å². The Bertz CT molecular complexity index is 680. The predicted octanol–water partition coefficient (Wildman–Crippen LogP) is 1.33. The molecule has 1 heterocycles. The van der Waals surface area contributed by atoms with Crippen LogP contribution in [0.15, 0.2) is 24.3 Å². The molecule has 0 radical (unpaired) electrons. The monoisotopic (exact) mass is 271 g/mol. The lowest BCUT2D eigenvalue weighted by molar-refractivity contribution is -0.119. The predicted molar refractivity (Wildman–Crippen MR) is 77.6 cm³/mol. The van der Waals surface area contributed by atoms with E-state index in [1.54, 1.807) is 6.07 Å². The Balaban J connectivity index is 2.39. The highest BCUT2D eigenvalue weighted by Gasteiger charge is 2.12. The molecule has 0 aliphatic rings. The molecule has 0 atom stereocenters. The van der Waals surface area contributed by atoms with E-state index in [1.807, 2.05) is 32.0 Å². The number of carbonyl (C=O) groups excluding carboxylic acids is 2. The second kappa shape index (κ2) is 5.69. The number of nitrogens with one attached hydrogen (secondary N) is 2. The van der Waals surface area contributed by atoms with E-state index in [1.165, 1.54) is 7.05 Å². The summed E-state index contributed by atoms with van der Waals surface area (Å²) >= 11 is 0. The van der Waals surface area contributed by atoms with Gasteiger partial charge in [-0.3, -0.25) is 14.6 Å². The van der Waals surface area contributed by atoms with Crippen LogP contribution in [0.1, 0.15) is 21.6 Å². The second-order valence-corrected chi connectivity index (χ2v) is 4.69. The molecular weight excluding hydrogens is 254 g/mol. The third-order valence-electron chi connectivity index (χ3n) is 3.03. The van der Waals surface area contributed by atoms with Crippen molar-refractivity contribution >= 4 is 22.7 Å². The zero-order valence-corrected chi connectivity index (χ0v) is 11.8. The molecule has 1 aromatic carbocycles. The zero-order valence-electron chi connectivity index (χ0n) is 11.8. The van der Waals surface area contributed by atoms with E-state index in [-0.39, 0.29) is 18.4 Å². The van der Waals surface area contributed by atoms with Crippen LogP contribution >= 0.6 is 0 Å². The summed E-state index contributed by atoms with van der Waals surface area (Å²) in [4.78, 5) is 27.8. The minimum atomic E-state index is -0.269. The SMILES string of the molecule is CNC(=O)CNC(=O)c1cc(C)nc2ccc(C)cc12. The summed E-state index contributed by atoms with van der Waals surface area (Å²) in [5, 5.41) is 5.87. The van der Waals surface area contributed by atoms with Crippen LogP contribution in [0.4, 0.5) is 0 Å². The molecule has 1 aromatic heterocycles. The maximum absolute atomic E-state index is 12.2. The molecule has 0 saturated heterocycles. The Kier molecular flexibility index (Phi) is 3.98. The van der Waals surface area contributed by atoms with Crippen molar-refractivity contribution in [2.45, 2.75) is 13.8 Å². The van der Waals surface area contributed by atoms with Gasteiger partial charge in [0, 0.05) is 18.1 Å². The van der Waals surface area contributed by atoms with Crippen molar-refractivity contribution in [2.24, 2.45) is 0 Å². The third kappa shape index (κ3) is 2.93. The number of aromatic nitrogens is 1. The van der Waals surface area contributed by atoms with Gasteiger partial charge >= 0.3 is 0 Å². The molecule has 5 heteroatoms. The highest BCUT2D eigenvalue weighted by molar-refractivity contribution is 6.07. The summed E-state index contributed by atoms with van der Waals surface area (Å²) in [7, 11) is 1.53. The summed E-state index contributed by atoms with van der Waals surface area (Å²) in [5.74, 6) is -0.501. The summed E-state index contributed by atoms with van der Waals surface area (Å²) in [6.45, 7) is 3.77. The lowest BCUT2D eigenvalue weighted by Crippen LogP contribution is -2.35. The van der Waals surface area contributed by atoms with Crippen LogP contribution in [-0.4, -0.2) is 30.4 Å². The molecule has 0 aliphatic carbocycles. The van der Waals surface area contributed by atoms with Crippen LogP contribution in [0.5, 0.6) is 0 Å². The van der Waals surface area contributed by atoms with Gasteiger partial charge in [-0.05, 0) is 32.0 Å². The molecule has 2 rings (SSSR count). The first kappa shape index (κ1) is 14.0. The number of hydrogen-bond donors (Lipinski definition) is 2. The Morgan fingerprint density at radius 3 is 2.65 bits per heavy atom. The first-order chi connectivity index (χ1) is 9.51. The number of pyridine rings is 1. The van der Waals surface area contributed by atoms with Gasteiger partial charge in [0.15, 0.2) is 0 Å². The number of rotatable bonds is 3. The number of carbonyl (C=O) groups is 2. The van der Waals surface area contributed by atoms with Crippen molar-refractivity contribution < 1.29 is 9.59 Å². The zero-order chi connectivity index (χ0) is 14.7. The van der Waals surface area contributed by atoms with Crippen molar-refractivity contribution in [1.82, 2.24) is 15.6 Å². The number of amides is 2. The van der Waals surface area contributed by atoms with Gasteiger partial charge in [-0.15, -0.1) is 0 Å². The quantitative estimate of drug-likeness (QED) is 0.884. The molecular formula is C15H17N3O2. The fraction of sp³-hybridized carbons (Fsp3) is 0.267. The summed E-state index contributed by atoms with van der Waals surface area (Å²) < 4.78 is 0. The highest BCUT2D eigenvalue weighted by atomic mass is 16.2. The number of fused-ring (bicyclic) bond motifs is 1. The number of benzene rings is 1. The lowest BCUT2D eigenvalue weighted by Gasteiger charge is -2.09. The normalized spacial score (nSPS) is 10.3. The fourth-order valence-corrected chi connectivity index (χ4v) is 2.00. The molecule has 0 aliphatic heterocycles. The molecule has 2 aromatic rings. The van der Waals surface area contributed by atoms with E-state index in [4.69, 9.17) is 0 Å². The Morgan fingerprint density at radius 2 is 1.95 bits per heavy atom. The van der Waals surface area contributed by atoms with E-state index in [2.05, 4.69) is 15.6 Å². The van der Waals surface area contributed by atoms with Crippen molar-refractivity contribution in [3.63, 3.8) is 0 Å². The van der Waals surface area contributed by atoms with Crippen LogP contribution in [0, 0.1) is 13.8 Å². The maximum atomic E-state index is 12.2. The Morgan fingerprint density at radius 1 is 1.20 bits per heavy atom. The first-order valence-corrected chi connectivity index (χ1v) is 6.38. The van der Waals surface area contributed by atoms with Gasteiger partial charge in [-0.1, -0.05) is 11.6 Å². The molecule has 5 nitrogen and oxygen atoms in total. The van der Waals surface area contributed by atoms with Crippen molar-refractivity contribution in [2.75, 3.05) is 13.6 Å². The van der Waals surface area contributed by atoms with E-state index in [9.17, 15) is 9.59 Å². The number of likely N-dealkylation sites (N-methyl/N-ethyl adjacent to an activating group) is 1. The fourth-order valence-electron chi connectivity index (χ4n) is 2.00. The van der Waals surface area contributed by atoms with Crippen molar-refractivity contribution in [3.05, 3.63) is 41.1 Å². The topological polar surface area (TPSA) is 71.1 Å². The van der Waals surface area contributed by atoms with Gasteiger partial charge in [0.25, 0.3) is 5.91 Å².